The van der Waals surface area contributed by atoms with Gasteiger partial charge in [-0.05, 0) is 55.1 Å². The summed E-state index contributed by atoms with van der Waals surface area (Å²) in [5.41, 5.74) is 4.18. The molecule has 23 heavy (non-hydrogen) atoms. The lowest BCUT2D eigenvalue weighted by atomic mass is 10.1. The Hall–Kier alpha value is -2.20. The van der Waals surface area contributed by atoms with Crippen molar-refractivity contribution >= 4 is 11.6 Å². The van der Waals surface area contributed by atoms with E-state index in [2.05, 4.69) is 17.6 Å². The summed E-state index contributed by atoms with van der Waals surface area (Å²) in [6.07, 6.45) is 1.65. The second kappa shape index (κ2) is 8.44. The van der Waals surface area contributed by atoms with Crippen molar-refractivity contribution in [2.24, 2.45) is 0 Å². The molecule has 1 amide bonds. The van der Waals surface area contributed by atoms with Crippen molar-refractivity contribution in [3.05, 3.63) is 65.0 Å². The number of carbonyl (C=O) groups excluding carboxylic acids is 1. The first-order valence-electron chi connectivity index (χ1n) is 7.93. The summed E-state index contributed by atoms with van der Waals surface area (Å²) in [6, 6.07) is 12.5. The van der Waals surface area contributed by atoms with Gasteiger partial charge in [0.05, 0.1) is 6.54 Å². The second-order valence-electron chi connectivity index (χ2n) is 5.56. The third-order valence-electron chi connectivity index (χ3n) is 3.79. The van der Waals surface area contributed by atoms with Crippen LogP contribution in [-0.2, 0) is 17.6 Å². The highest BCUT2D eigenvalue weighted by Crippen LogP contribution is 2.20. The minimum Gasteiger partial charge on any atom is -0.324 e. The zero-order chi connectivity index (χ0) is 16.7. The van der Waals surface area contributed by atoms with Crippen LogP contribution in [0.4, 0.5) is 10.1 Å². The maximum Gasteiger partial charge on any atom is 0.238 e. The predicted molar refractivity (Wildman–Crippen MR) is 92.2 cm³/mol. The van der Waals surface area contributed by atoms with Crippen LogP contribution in [0.5, 0.6) is 0 Å². The van der Waals surface area contributed by atoms with Crippen LogP contribution in [0.15, 0.2) is 42.5 Å². The van der Waals surface area contributed by atoms with Gasteiger partial charge in [-0.25, -0.2) is 4.39 Å². The van der Waals surface area contributed by atoms with Gasteiger partial charge in [-0.15, -0.1) is 0 Å². The van der Waals surface area contributed by atoms with E-state index >= 15 is 0 Å². The SMILES string of the molecule is CCc1cccc(C)c1NC(=O)CNCCc1ccc(F)cc1. The Kier molecular flexibility index (Phi) is 6.29. The molecule has 0 aromatic heterocycles. The first-order chi connectivity index (χ1) is 11.1. The lowest BCUT2D eigenvalue weighted by Crippen LogP contribution is -2.30. The topological polar surface area (TPSA) is 41.1 Å². The molecule has 2 rings (SSSR count). The van der Waals surface area contributed by atoms with Crippen molar-refractivity contribution in [1.82, 2.24) is 5.32 Å². The largest absolute Gasteiger partial charge is 0.324 e. The molecule has 0 spiro atoms. The summed E-state index contributed by atoms with van der Waals surface area (Å²) in [6.45, 7) is 5.01. The summed E-state index contributed by atoms with van der Waals surface area (Å²) in [5, 5.41) is 6.10. The maximum atomic E-state index is 12.8. The highest BCUT2D eigenvalue weighted by molar-refractivity contribution is 5.93. The number of carbonyl (C=O) groups is 1. The third-order valence-corrected chi connectivity index (χ3v) is 3.79. The standard InChI is InChI=1S/C19H23FN2O/c1-3-16-6-4-5-14(2)19(16)22-18(23)13-21-12-11-15-7-9-17(20)10-8-15/h4-10,21H,3,11-13H2,1-2H3,(H,22,23). The molecule has 0 atom stereocenters. The smallest absolute Gasteiger partial charge is 0.238 e. The van der Waals surface area contributed by atoms with Gasteiger partial charge < -0.3 is 10.6 Å². The molecule has 0 unspecified atom stereocenters. The van der Waals surface area contributed by atoms with Crippen LogP contribution in [0.2, 0.25) is 0 Å². The molecular weight excluding hydrogens is 291 g/mol. The van der Waals surface area contributed by atoms with Crippen LogP contribution in [0.25, 0.3) is 0 Å². The van der Waals surface area contributed by atoms with Gasteiger partial charge in [0.25, 0.3) is 0 Å². The summed E-state index contributed by atoms with van der Waals surface area (Å²) in [4.78, 5) is 12.1. The number of anilines is 1. The lowest BCUT2D eigenvalue weighted by molar-refractivity contribution is -0.115. The molecule has 122 valence electrons. The minimum atomic E-state index is -0.231. The van der Waals surface area contributed by atoms with Crippen LogP contribution in [0.3, 0.4) is 0 Å². The van der Waals surface area contributed by atoms with E-state index in [1.807, 2.05) is 25.1 Å². The number of rotatable bonds is 7. The number of amides is 1. The molecule has 0 aliphatic heterocycles. The van der Waals surface area contributed by atoms with Gasteiger partial charge >= 0.3 is 0 Å². The first-order valence-corrected chi connectivity index (χ1v) is 7.93. The molecule has 2 N–H and O–H groups in total. The number of halogens is 1. The van der Waals surface area contributed by atoms with Crippen LogP contribution >= 0.6 is 0 Å². The first kappa shape index (κ1) is 17.2. The summed E-state index contributed by atoms with van der Waals surface area (Å²) >= 11 is 0. The van der Waals surface area contributed by atoms with Crippen molar-refractivity contribution in [3.63, 3.8) is 0 Å². The van der Waals surface area contributed by atoms with Crippen LogP contribution in [0, 0.1) is 12.7 Å². The Morgan fingerprint density at radius 2 is 1.87 bits per heavy atom. The molecule has 0 aliphatic rings. The maximum absolute atomic E-state index is 12.8. The van der Waals surface area contributed by atoms with Crippen LogP contribution in [0.1, 0.15) is 23.6 Å². The van der Waals surface area contributed by atoms with Gasteiger partial charge in [0.1, 0.15) is 5.82 Å². The summed E-state index contributed by atoms with van der Waals surface area (Å²) in [5.74, 6) is -0.279. The molecule has 2 aromatic carbocycles. The van der Waals surface area contributed by atoms with Gasteiger partial charge in [0.2, 0.25) is 5.91 Å². The zero-order valence-electron chi connectivity index (χ0n) is 13.7. The van der Waals surface area contributed by atoms with Gasteiger partial charge in [0, 0.05) is 5.69 Å². The van der Waals surface area contributed by atoms with E-state index in [0.717, 1.165) is 35.2 Å². The number of benzene rings is 2. The fourth-order valence-corrected chi connectivity index (χ4v) is 2.47. The van der Waals surface area contributed by atoms with E-state index < -0.39 is 0 Å². The van der Waals surface area contributed by atoms with E-state index in [1.54, 1.807) is 12.1 Å². The van der Waals surface area contributed by atoms with Crippen molar-refractivity contribution in [2.45, 2.75) is 26.7 Å². The van der Waals surface area contributed by atoms with E-state index in [4.69, 9.17) is 0 Å². The highest BCUT2D eigenvalue weighted by Gasteiger charge is 2.08. The molecule has 0 aliphatic carbocycles. The summed E-state index contributed by atoms with van der Waals surface area (Å²) < 4.78 is 12.8. The van der Waals surface area contributed by atoms with E-state index in [1.165, 1.54) is 12.1 Å². The van der Waals surface area contributed by atoms with Gasteiger partial charge in [-0.3, -0.25) is 4.79 Å². The zero-order valence-corrected chi connectivity index (χ0v) is 13.7. The fourth-order valence-electron chi connectivity index (χ4n) is 2.47. The molecule has 3 nitrogen and oxygen atoms in total. The third kappa shape index (κ3) is 5.18. The van der Waals surface area contributed by atoms with Crippen molar-refractivity contribution < 1.29 is 9.18 Å². The number of para-hydroxylation sites is 1. The van der Waals surface area contributed by atoms with E-state index in [0.29, 0.717) is 6.54 Å². The van der Waals surface area contributed by atoms with Crippen molar-refractivity contribution in [2.75, 3.05) is 18.4 Å². The number of hydrogen-bond donors (Lipinski definition) is 2. The molecule has 0 radical (unpaired) electrons. The second-order valence-corrected chi connectivity index (χ2v) is 5.56. The molecule has 0 fully saturated rings. The molecule has 0 bridgehead atoms. The van der Waals surface area contributed by atoms with Gasteiger partial charge in [-0.1, -0.05) is 37.3 Å². The van der Waals surface area contributed by atoms with Crippen LogP contribution in [-0.4, -0.2) is 19.0 Å². The summed E-state index contributed by atoms with van der Waals surface area (Å²) in [7, 11) is 0. The molecule has 2 aromatic rings. The Morgan fingerprint density at radius 1 is 1.13 bits per heavy atom. The Balaban J connectivity index is 1.78. The number of aryl methyl sites for hydroxylation is 2. The quantitative estimate of drug-likeness (QED) is 0.768. The van der Waals surface area contributed by atoms with Gasteiger partial charge in [0.15, 0.2) is 0 Å². The number of nitrogens with one attached hydrogen (secondary N) is 2. The number of hydrogen-bond acceptors (Lipinski definition) is 2. The molecular formula is C19H23FN2O. The monoisotopic (exact) mass is 314 g/mol. The average molecular weight is 314 g/mol. The molecule has 0 saturated carbocycles. The highest BCUT2D eigenvalue weighted by atomic mass is 19.1. The normalized spacial score (nSPS) is 10.6. The Bertz CT molecular complexity index is 653. The van der Waals surface area contributed by atoms with Crippen LogP contribution < -0.4 is 10.6 Å². The minimum absolute atomic E-state index is 0.0480. The average Bonchev–Trinajstić information content (AvgIpc) is 2.55. The van der Waals surface area contributed by atoms with Gasteiger partial charge in [-0.2, -0.15) is 0 Å². The van der Waals surface area contributed by atoms with E-state index in [-0.39, 0.29) is 18.3 Å². The van der Waals surface area contributed by atoms with Crippen molar-refractivity contribution in [3.8, 4) is 0 Å². The molecule has 4 heteroatoms. The van der Waals surface area contributed by atoms with Crippen molar-refractivity contribution in [1.29, 1.82) is 0 Å². The fraction of sp³-hybridized carbons (Fsp3) is 0.316. The molecule has 0 saturated heterocycles. The van der Waals surface area contributed by atoms with E-state index in [9.17, 15) is 9.18 Å². The predicted octanol–water partition coefficient (Wildman–Crippen LogP) is 3.47. The Morgan fingerprint density at radius 3 is 2.57 bits per heavy atom. The molecule has 0 heterocycles. The lowest BCUT2D eigenvalue weighted by Gasteiger charge is -2.13. The Labute approximate surface area is 136 Å².